The molecule has 1 heterocycles. The van der Waals surface area contributed by atoms with Crippen LogP contribution >= 0.6 is 0 Å². The molecule has 1 aromatic heterocycles. The number of halogens is 2. The molecule has 0 aliphatic carbocycles. The van der Waals surface area contributed by atoms with E-state index in [-0.39, 0.29) is 18.1 Å². The van der Waals surface area contributed by atoms with E-state index in [4.69, 9.17) is 9.47 Å². The predicted molar refractivity (Wildman–Crippen MR) is 89.8 cm³/mol. The Morgan fingerprint density at radius 1 is 1.07 bits per heavy atom. The zero-order valence-corrected chi connectivity index (χ0v) is 14.4. The standard InChI is InChI=1S/C17H15F2N5O3/c1-26-12-5-10(6-13(8-12)27-2)17(25)20-9-16-21-22-23-24(16)11-3-4-14(18)15(19)7-11/h3-8H,9H2,1-2H3,(H,20,25). The van der Waals surface area contributed by atoms with Crippen molar-refractivity contribution >= 4 is 5.91 Å². The van der Waals surface area contributed by atoms with Gasteiger partial charge in [0.25, 0.3) is 5.91 Å². The van der Waals surface area contributed by atoms with Crippen LogP contribution in [-0.2, 0) is 6.54 Å². The number of methoxy groups -OCH3 is 2. The second kappa shape index (κ2) is 7.77. The van der Waals surface area contributed by atoms with Crippen LogP contribution in [0, 0.1) is 11.6 Å². The van der Waals surface area contributed by atoms with E-state index in [1.165, 1.54) is 25.0 Å². The fraction of sp³-hybridized carbons (Fsp3) is 0.176. The number of aromatic nitrogens is 4. The highest BCUT2D eigenvalue weighted by atomic mass is 19.2. The molecule has 0 unspecified atom stereocenters. The maximum atomic E-state index is 13.4. The number of rotatable bonds is 6. The number of ether oxygens (including phenoxy) is 2. The molecule has 3 rings (SSSR count). The van der Waals surface area contributed by atoms with Crippen LogP contribution in [0.25, 0.3) is 5.69 Å². The van der Waals surface area contributed by atoms with Crippen molar-refractivity contribution in [1.29, 1.82) is 0 Å². The summed E-state index contributed by atoms with van der Waals surface area (Å²) in [5, 5.41) is 13.7. The van der Waals surface area contributed by atoms with Crippen LogP contribution in [-0.4, -0.2) is 40.3 Å². The van der Waals surface area contributed by atoms with E-state index in [0.717, 1.165) is 12.1 Å². The number of nitrogens with zero attached hydrogens (tertiary/aromatic N) is 4. The van der Waals surface area contributed by atoms with Crippen LogP contribution in [0.3, 0.4) is 0 Å². The lowest BCUT2D eigenvalue weighted by molar-refractivity contribution is 0.0949. The van der Waals surface area contributed by atoms with Crippen molar-refractivity contribution in [2.45, 2.75) is 6.54 Å². The highest BCUT2D eigenvalue weighted by Gasteiger charge is 2.14. The van der Waals surface area contributed by atoms with E-state index in [0.29, 0.717) is 17.1 Å². The highest BCUT2D eigenvalue weighted by Crippen LogP contribution is 2.22. The van der Waals surface area contributed by atoms with Gasteiger partial charge in [-0.05, 0) is 34.7 Å². The van der Waals surface area contributed by atoms with Gasteiger partial charge in [-0.2, -0.15) is 4.68 Å². The average Bonchev–Trinajstić information content (AvgIpc) is 3.16. The van der Waals surface area contributed by atoms with Gasteiger partial charge >= 0.3 is 0 Å². The van der Waals surface area contributed by atoms with Gasteiger partial charge in [0.05, 0.1) is 26.5 Å². The molecule has 140 valence electrons. The first-order valence-corrected chi connectivity index (χ1v) is 7.75. The Hall–Kier alpha value is -3.56. The van der Waals surface area contributed by atoms with E-state index < -0.39 is 17.5 Å². The molecule has 0 fully saturated rings. The first kappa shape index (κ1) is 18.2. The molecule has 1 N–H and O–H groups in total. The van der Waals surface area contributed by atoms with Crippen molar-refractivity contribution in [2.75, 3.05) is 14.2 Å². The first-order chi connectivity index (χ1) is 13.0. The Bertz CT molecular complexity index is 955. The topological polar surface area (TPSA) is 91.2 Å². The van der Waals surface area contributed by atoms with Gasteiger partial charge in [0.1, 0.15) is 11.5 Å². The van der Waals surface area contributed by atoms with Crippen LogP contribution in [0.5, 0.6) is 11.5 Å². The molecule has 0 spiro atoms. The van der Waals surface area contributed by atoms with Crippen molar-refractivity contribution in [1.82, 2.24) is 25.5 Å². The molecule has 10 heteroatoms. The molecule has 0 aliphatic rings. The summed E-state index contributed by atoms with van der Waals surface area (Å²) in [5.74, 6) is -1.25. The zero-order valence-electron chi connectivity index (χ0n) is 14.4. The lowest BCUT2D eigenvalue weighted by atomic mass is 10.2. The van der Waals surface area contributed by atoms with Crippen LogP contribution in [0.4, 0.5) is 8.78 Å². The minimum Gasteiger partial charge on any atom is -0.497 e. The molecular weight excluding hydrogens is 360 g/mol. The number of hydrogen-bond acceptors (Lipinski definition) is 6. The number of carbonyl (C=O) groups excluding carboxylic acids is 1. The van der Waals surface area contributed by atoms with Crippen molar-refractivity contribution in [3.8, 4) is 17.2 Å². The normalized spacial score (nSPS) is 10.5. The number of nitrogens with one attached hydrogen (secondary N) is 1. The van der Waals surface area contributed by atoms with E-state index in [9.17, 15) is 13.6 Å². The monoisotopic (exact) mass is 375 g/mol. The van der Waals surface area contributed by atoms with Crippen LogP contribution < -0.4 is 14.8 Å². The third-order valence-electron chi connectivity index (χ3n) is 3.70. The summed E-state index contributed by atoms with van der Waals surface area (Å²) in [5.41, 5.74) is 0.546. The maximum Gasteiger partial charge on any atom is 0.251 e. The lowest BCUT2D eigenvalue weighted by Gasteiger charge is -2.09. The molecule has 0 saturated heterocycles. The smallest absolute Gasteiger partial charge is 0.251 e. The summed E-state index contributed by atoms with van der Waals surface area (Å²) < 4.78 is 38.0. The molecule has 0 radical (unpaired) electrons. The van der Waals surface area contributed by atoms with Crippen molar-refractivity contribution in [3.63, 3.8) is 0 Å². The molecule has 0 saturated carbocycles. The minimum absolute atomic E-state index is 0.0373. The summed E-state index contributed by atoms with van der Waals surface area (Å²) in [6.07, 6.45) is 0. The van der Waals surface area contributed by atoms with Gasteiger partial charge in [0.2, 0.25) is 0 Å². The fourth-order valence-corrected chi connectivity index (χ4v) is 2.33. The predicted octanol–water partition coefficient (Wildman–Crippen LogP) is 1.89. The van der Waals surface area contributed by atoms with Gasteiger partial charge in [0.15, 0.2) is 17.5 Å². The quantitative estimate of drug-likeness (QED) is 0.708. The van der Waals surface area contributed by atoms with Gasteiger partial charge < -0.3 is 14.8 Å². The maximum absolute atomic E-state index is 13.4. The molecule has 8 nitrogen and oxygen atoms in total. The highest BCUT2D eigenvalue weighted by molar-refractivity contribution is 5.95. The Morgan fingerprint density at radius 2 is 1.78 bits per heavy atom. The largest absolute Gasteiger partial charge is 0.497 e. The second-order valence-electron chi connectivity index (χ2n) is 5.39. The summed E-state index contributed by atoms with van der Waals surface area (Å²) >= 11 is 0. The van der Waals surface area contributed by atoms with Gasteiger partial charge in [0, 0.05) is 17.7 Å². The third-order valence-corrected chi connectivity index (χ3v) is 3.70. The van der Waals surface area contributed by atoms with Crippen LogP contribution in [0.1, 0.15) is 16.2 Å². The van der Waals surface area contributed by atoms with Gasteiger partial charge in [-0.25, -0.2) is 8.78 Å². The van der Waals surface area contributed by atoms with Crippen molar-refractivity contribution in [2.24, 2.45) is 0 Å². The molecule has 27 heavy (non-hydrogen) atoms. The molecule has 0 aliphatic heterocycles. The molecule has 1 amide bonds. The number of benzene rings is 2. The van der Waals surface area contributed by atoms with Crippen LogP contribution in [0.15, 0.2) is 36.4 Å². The average molecular weight is 375 g/mol. The summed E-state index contributed by atoms with van der Waals surface area (Å²) in [7, 11) is 2.96. The Labute approximate surface area is 152 Å². The second-order valence-corrected chi connectivity index (χ2v) is 5.39. The SMILES string of the molecule is COc1cc(OC)cc(C(=O)NCc2nnnn2-c2ccc(F)c(F)c2)c1. The van der Waals surface area contributed by atoms with Crippen LogP contribution in [0.2, 0.25) is 0 Å². The van der Waals surface area contributed by atoms with Gasteiger partial charge in [-0.1, -0.05) is 0 Å². The van der Waals surface area contributed by atoms with Gasteiger partial charge in [-0.15, -0.1) is 5.10 Å². The lowest BCUT2D eigenvalue weighted by Crippen LogP contribution is -2.24. The van der Waals surface area contributed by atoms with E-state index >= 15 is 0 Å². The summed E-state index contributed by atoms with van der Waals surface area (Å²) in [6.45, 7) is -0.0373. The van der Waals surface area contributed by atoms with Gasteiger partial charge in [-0.3, -0.25) is 4.79 Å². The molecule has 0 bridgehead atoms. The molecular formula is C17H15F2N5O3. The van der Waals surface area contributed by atoms with E-state index in [1.54, 1.807) is 18.2 Å². The number of carbonyl (C=O) groups is 1. The Balaban J connectivity index is 1.77. The Kier molecular flexibility index (Phi) is 5.25. The fourth-order valence-electron chi connectivity index (χ4n) is 2.33. The number of hydrogen-bond donors (Lipinski definition) is 1. The minimum atomic E-state index is -1.03. The molecule has 2 aromatic carbocycles. The zero-order chi connectivity index (χ0) is 19.4. The number of amides is 1. The third kappa shape index (κ3) is 4.00. The van der Waals surface area contributed by atoms with E-state index in [1.807, 2.05) is 0 Å². The molecule has 3 aromatic rings. The molecule has 0 atom stereocenters. The van der Waals surface area contributed by atoms with Crippen molar-refractivity contribution < 1.29 is 23.0 Å². The summed E-state index contributed by atoms with van der Waals surface area (Å²) in [4.78, 5) is 12.4. The van der Waals surface area contributed by atoms with E-state index in [2.05, 4.69) is 20.8 Å². The van der Waals surface area contributed by atoms with Crippen molar-refractivity contribution in [3.05, 3.63) is 59.4 Å². The first-order valence-electron chi connectivity index (χ1n) is 7.75. The number of tetrazole rings is 1. The Morgan fingerprint density at radius 3 is 2.41 bits per heavy atom. The summed E-state index contributed by atoms with van der Waals surface area (Å²) in [6, 6.07) is 8.00.